The van der Waals surface area contributed by atoms with E-state index in [0.29, 0.717) is 34.5 Å². The Morgan fingerprint density at radius 1 is 1.21 bits per heavy atom. The second kappa shape index (κ2) is 9.15. The third-order valence-electron chi connectivity index (χ3n) is 5.68. The lowest BCUT2D eigenvalue weighted by atomic mass is 9.81. The van der Waals surface area contributed by atoms with Crippen LogP contribution in [0, 0.1) is 6.92 Å². The van der Waals surface area contributed by atoms with Crippen LogP contribution in [0.5, 0.6) is 11.5 Å². The van der Waals surface area contributed by atoms with E-state index in [9.17, 15) is 9.59 Å². The Hall–Kier alpha value is -3.52. The fourth-order valence-corrected chi connectivity index (χ4v) is 4.32. The number of aromatic nitrogens is 2. The minimum absolute atomic E-state index is 0.328. The first-order valence-corrected chi connectivity index (χ1v) is 10.9. The number of nitrogens with one attached hydrogen (secondary N) is 2. The summed E-state index contributed by atoms with van der Waals surface area (Å²) in [6.07, 6.45) is 0. The highest BCUT2D eigenvalue weighted by atomic mass is 35.5. The Morgan fingerprint density at radius 3 is 2.61 bits per heavy atom. The molecule has 2 heterocycles. The highest BCUT2D eigenvalue weighted by molar-refractivity contribution is 6.30. The first-order chi connectivity index (χ1) is 15.8. The number of hydrogen-bond acceptors (Lipinski definition) is 5. The number of carbonyl (C=O) groups is 2. The van der Waals surface area contributed by atoms with Crippen LogP contribution in [-0.2, 0) is 11.8 Å². The van der Waals surface area contributed by atoms with Gasteiger partial charge in [0.1, 0.15) is 11.9 Å². The number of nitrogens with zero attached hydrogens (tertiary/aromatic N) is 2. The van der Waals surface area contributed by atoms with Crippen molar-refractivity contribution >= 4 is 29.2 Å². The quantitative estimate of drug-likeness (QED) is 0.575. The van der Waals surface area contributed by atoms with Crippen molar-refractivity contribution in [1.29, 1.82) is 0 Å². The van der Waals surface area contributed by atoms with E-state index < -0.39 is 12.0 Å². The minimum atomic E-state index is -0.869. The van der Waals surface area contributed by atoms with Gasteiger partial charge in [-0.25, -0.2) is 0 Å². The number of aryl methyl sites for hydroxylation is 2. The molecule has 33 heavy (non-hydrogen) atoms. The average molecular weight is 469 g/mol. The van der Waals surface area contributed by atoms with E-state index in [2.05, 4.69) is 15.7 Å². The van der Waals surface area contributed by atoms with Gasteiger partial charge in [-0.05, 0) is 55.8 Å². The molecule has 4 rings (SSSR count). The van der Waals surface area contributed by atoms with Crippen LogP contribution in [-0.4, -0.2) is 41.4 Å². The summed E-state index contributed by atoms with van der Waals surface area (Å²) >= 11 is 5.95. The summed E-state index contributed by atoms with van der Waals surface area (Å²) in [5.41, 5.74) is 2.80. The number of benzene rings is 2. The predicted octanol–water partition coefficient (Wildman–Crippen LogP) is 3.67. The lowest BCUT2D eigenvalue weighted by Crippen LogP contribution is -2.50. The van der Waals surface area contributed by atoms with Gasteiger partial charge in [-0.1, -0.05) is 17.7 Å². The fourth-order valence-electron chi connectivity index (χ4n) is 4.19. The molecular weight excluding hydrogens is 444 g/mol. The zero-order valence-electron chi connectivity index (χ0n) is 18.8. The van der Waals surface area contributed by atoms with Gasteiger partial charge in [-0.15, -0.1) is 0 Å². The second-order valence-corrected chi connectivity index (χ2v) is 8.18. The number of methoxy groups -OCH3 is 1. The van der Waals surface area contributed by atoms with Gasteiger partial charge in [0, 0.05) is 29.1 Å². The van der Waals surface area contributed by atoms with Crippen LogP contribution in [0.15, 0.2) is 42.5 Å². The SMILES string of the molecule is CCOc1ccc([C@@H]2c3c(C)nn(C)c3NC(=O)[C@@H]2NC(=O)c2ccc(Cl)cc2)cc1OC. The molecule has 172 valence electrons. The van der Waals surface area contributed by atoms with Gasteiger partial charge >= 0.3 is 0 Å². The fraction of sp³-hybridized carbons (Fsp3) is 0.292. The number of hydrogen-bond donors (Lipinski definition) is 2. The Balaban J connectivity index is 1.79. The largest absolute Gasteiger partial charge is 0.493 e. The van der Waals surface area contributed by atoms with Crippen molar-refractivity contribution in [3.8, 4) is 11.5 Å². The standard InChI is InChI=1S/C24H25ClN4O4/c1-5-33-17-11-8-15(12-18(17)32-4)20-19-13(2)28-29(3)22(19)27-24(31)21(20)26-23(30)14-6-9-16(25)10-7-14/h6-12,20-21H,5H2,1-4H3,(H,26,30)(H,27,31)/t20-,21-/m1/s1. The molecule has 0 spiro atoms. The highest BCUT2D eigenvalue weighted by Gasteiger charge is 2.41. The van der Waals surface area contributed by atoms with E-state index in [-0.39, 0.29) is 11.8 Å². The van der Waals surface area contributed by atoms with Crippen molar-refractivity contribution < 1.29 is 19.1 Å². The van der Waals surface area contributed by atoms with Crippen molar-refractivity contribution in [3.05, 3.63) is 69.9 Å². The van der Waals surface area contributed by atoms with Gasteiger partial charge in [0.25, 0.3) is 5.91 Å². The van der Waals surface area contributed by atoms with Crippen molar-refractivity contribution in [1.82, 2.24) is 15.1 Å². The van der Waals surface area contributed by atoms with E-state index >= 15 is 0 Å². The lowest BCUT2D eigenvalue weighted by molar-refractivity contribution is -0.118. The van der Waals surface area contributed by atoms with Crippen molar-refractivity contribution in [2.45, 2.75) is 25.8 Å². The highest BCUT2D eigenvalue weighted by Crippen LogP contribution is 2.41. The normalized spacial score (nSPS) is 17.2. The maximum atomic E-state index is 13.2. The predicted molar refractivity (Wildman–Crippen MR) is 125 cm³/mol. The van der Waals surface area contributed by atoms with Gasteiger partial charge in [0.2, 0.25) is 5.91 Å². The third kappa shape index (κ3) is 4.26. The number of halogens is 1. The second-order valence-electron chi connectivity index (χ2n) is 7.74. The molecule has 1 aliphatic heterocycles. The van der Waals surface area contributed by atoms with E-state index in [1.54, 1.807) is 43.1 Å². The number of anilines is 1. The monoisotopic (exact) mass is 468 g/mol. The van der Waals surface area contributed by atoms with Crippen molar-refractivity contribution in [2.24, 2.45) is 7.05 Å². The Morgan fingerprint density at radius 2 is 1.94 bits per heavy atom. The molecule has 3 aromatic rings. The summed E-state index contributed by atoms with van der Waals surface area (Å²) in [5, 5.41) is 10.8. The lowest BCUT2D eigenvalue weighted by Gasteiger charge is -2.33. The Bertz CT molecular complexity index is 1210. The molecule has 1 aromatic heterocycles. The summed E-state index contributed by atoms with van der Waals surface area (Å²) in [7, 11) is 3.34. The van der Waals surface area contributed by atoms with Gasteiger partial charge in [0.05, 0.1) is 19.4 Å². The van der Waals surface area contributed by atoms with E-state index in [0.717, 1.165) is 16.8 Å². The smallest absolute Gasteiger partial charge is 0.251 e. The molecule has 2 aromatic carbocycles. The molecule has 0 radical (unpaired) electrons. The number of ether oxygens (including phenoxy) is 2. The zero-order chi connectivity index (χ0) is 23.7. The molecule has 2 amide bonds. The molecule has 8 nitrogen and oxygen atoms in total. The van der Waals surface area contributed by atoms with Crippen LogP contribution in [0.3, 0.4) is 0 Å². The maximum absolute atomic E-state index is 13.2. The van der Waals surface area contributed by atoms with Crippen molar-refractivity contribution in [2.75, 3.05) is 19.0 Å². The van der Waals surface area contributed by atoms with Crippen LogP contribution in [0.2, 0.25) is 5.02 Å². The first kappa shape index (κ1) is 22.7. The summed E-state index contributed by atoms with van der Waals surface area (Å²) in [6, 6.07) is 11.2. The van der Waals surface area contributed by atoms with Crippen LogP contribution < -0.4 is 20.1 Å². The van der Waals surface area contributed by atoms with Gasteiger partial charge in [0.15, 0.2) is 11.5 Å². The summed E-state index contributed by atoms with van der Waals surface area (Å²) in [4.78, 5) is 26.2. The maximum Gasteiger partial charge on any atom is 0.251 e. The summed E-state index contributed by atoms with van der Waals surface area (Å²) in [6.45, 7) is 4.27. The van der Waals surface area contributed by atoms with Crippen LogP contribution in [0.4, 0.5) is 5.82 Å². The van der Waals surface area contributed by atoms with Gasteiger partial charge in [-0.2, -0.15) is 5.10 Å². The van der Waals surface area contributed by atoms with E-state index in [4.69, 9.17) is 21.1 Å². The Kier molecular flexibility index (Phi) is 6.29. The first-order valence-electron chi connectivity index (χ1n) is 10.6. The van der Waals surface area contributed by atoms with Crippen LogP contribution in [0.1, 0.15) is 40.0 Å². The molecule has 9 heteroatoms. The topological polar surface area (TPSA) is 94.5 Å². The summed E-state index contributed by atoms with van der Waals surface area (Å²) < 4.78 is 12.8. The van der Waals surface area contributed by atoms with Crippen molar-refractivity contribution in [3.63, 3.8) is 0 Å². The van der Waals surface area contributed by atoms with Gasteiger partial charge in [-0.3, -0.25) is 14.3 Å². The van der Waals surface area contributed by atoms with Crippen LogP contribution in [0.25, 0.3) is 0 Å². The number of carbonyl (C=O) groups excluding carboxylic acids is 2. The molecule has 0 saturated heterocycles. The molecule has 1 aliphatic rings. The molecule has 2 N–H and O–H groups in total. The molecule has 2 atom stereocenters. The zero-order valence-corrected chi connectivity index (χ0v) is 19.6. The van der Waals surface area contributed by atoms with E-state index in [1.165, 1.54) is 0 Å². The summed E-state index contributed by atoms with van der Waals surface area (Å²) in [5.74, 6) is 0.570. The average Bonchev–Trinajstić information content (AvgIpc) is 3.08. The molecule has 0 aliphatic carbocycles. The molecule has 0 saturated carbocycles. The van der Waals surface area contributed by atoms with E-state index in [1.807, 2.05) is 32.0 Å². The number of rotatable bonds is 6. The van der Waals surface area contributed by atoms with Crippen LogP contribution >= 0.6 is 11.6 Å². The third-order valence-corrected chi connectivity index (χ3v) is 5.93. The molecular formula is C24H25ClN4O4. The molecule has 0 unspecified atom stereocenters. The minimum Gasteiger partial charge on any atom is -0.493 e. The molecule has 0 fully saturated rings. The van der Waals surface area contributed by atoms with Gasteiger partial charge < -0.3 is 20.1 Å². The number of fused-ring (bicyclic) bond motifs is 1. The molecule has 0 bridgehead atoms. The Labute approximate surface area is 196 Å². The number of amides is 2.